The molecule has 0 radical (unpaired) electrons. The highest BCUT2D eigenvalue weighted by Gasteiger charge is 2.42. The van der Waals surface area contributed by atoms with Gasteiger partial charge in [0.05, 0.1) is 18.5 Å². The first-order chi connectivity index (χ1) is 16.5. The highest BCUT2D eigenvalue weighted by Crippen LogP contribution is 2.42. The number of benzene rings is 1. The van der Waals surface area contributed by atoms with Crippen molar-refractivity contribution in [3.63, 3.8) is 0 Å². The standard InChI is InChI=1S/C25H24N4O4S/c1-17-7-9-18(10-8-17)29-22(30)12-11-19(23(29)20-5-4-16-34-20)24(31)33-15-14-28-25(32)27-13-3-2-6-21(27)26-28/h2-10,13,16,19,23H,11-12,14-15H2,1H3/t19-,23+/m0/s1. The number of aryl methyl sites for hydroxylation is 1. The molecular formula is C25H24N4O4S. The molecule has 0 spiro atoms. The van der Waals surface area contributed by atoms with Crippen LogP contribution in [-0.2, 0) is 20.9 Å². The summed E-state index contributed by atoms with van der Waals surface area (Å²) in [6, 6.07) is 16.5. The molecule has 0 bridgehead atoms. The van der Waals surface area contributed by atoms with Gasteiger partial charge < -0.3 is 9.64 Å². The number of piperidine rings is 1. The van der Waals surface area contributed by atoms with Crippen molar-refractivity contribution in [2.24, 2.45) is 5.92 Å². The highest BCUT2D eigenvalue weighted by atomic mass is 32.1. The van der Waals surface area contributed by atoms with E-state index in [-0.39, 0.29) is 37.1 Å². The van der Waals surface area contributed by atoms with Crippen molar-refractivity contribution < 1.29 is 14.3 Å². The number of carbonyl (C=O) groups excluding carboxylic acids is 2. The zero-order chi connectivity index (χ0) is 23.7. The predicted octanol–water partition coefficient (Wildman–Crippen LogP) is 3.59. The van der Waals surface area contributed by atoms with E-state index in [1.807, 2.05) is 48.7 Å². The van der Waals surface area contributed by atoms with Crippen LogP contribution in [0, 0.1) is 12.8 Å². The average molecular weight is 477 g/mol. The minimum atomic E-state index is -0.504. The number of pyridine rings is 1. The topological polar surface area (TPSA) is 85.9 Å². The van der Waals surface area contributed by atoms with Crippen LogP contribution in [0.1, 0.15) is 29.3 Å². The number of amides is 1. The zero-order valence-corrected chi connectivity index (χ0v) is 19.5. The zero-order valence-electron chi connectivity index (χ0n) is 18.7. The fraction of sp³-hybridized carbons (Fsp3) is 0.280. The number of anilines is 1. The second kappa shape index (κ2) is 9.26. The number of esters is 1. The molecule has 1 aromatic carbocycles. The van der Waals surface area contributed by atoms with Gasteiger partial charge in [-0.2, -0.15) is 0 Å². The number of aromatic nitrogens is 3. The first kappa shape index (κ1) is 22.1. The van der Waals surface area contributed by atoms with Crippen LogP contribution in [0.25, 0.3) is 5.65 Å². The lowest BCUT2D eigenvalue weighted by molar-refractivity contribution is -0.151. The third-order valence-corrected chi connectivity index (χ3v) is 7.03. The molecule has 0 N–H and O–H groups in total. The molecule has 1 amide bonds. The molecule has 4 aromatic rings. The maximum Gasteiger partial charge on any atom is 0.350 e. The van der Waals surface area contributed by atoms with Gasteiger partial charge >= 0.3 is 11.7 Å². The van der Waals surface area contributed by atoms with Crippen molar-refractivity contribution in [2.45, 2.75) is 32.4 Å². The van der Waals surface area contributed by atoms with Gasteiger partial charge in [0.2, 0.25) is 5.91 Å². The van der Waals surface area contributed by atoms with Crippen molar-refractivity contribution in [1.29, 1.82) is 0 Å². The van der Waals surface area contributed by atoms with E-state index >= 15 is 0 Å². The van der Waals surface area contributed by atoms with Crippen LogP contribution in [0.3, 0.4) is 0 Å². The maximum atomic E-state index is 13.2. The molecule has 5 rings (SSSR count). The van der Waals surface area contributed by atoms with E-state index in [0.717, 1.165) is 16.1 Å². The summed E-state index contributed by atoms with van der Waals surface area (Å²) in [5.74, 6) is -0.891. The molecule has 3 aromatic heterocycles. The Morgan fingerprint density at radius 1 is 1.12 bits per heavy atom. The van der Waals surface area contributed by atoms with Crippen molar-refractivity contribution in [3.05, 3.63) is 87.1 Å². The number of rotatable bonds is 6. The van der Waals surface area contributed by atoms with Gasteiger partial charge in [-0.25, -0.2) is 9.48 Å². The first-order valence-corrected chi connectivity index (χ1v) is 12.0. The summed E-state index contributed by atoms with van der Waals surface area (Å²) in [6.45, 7) is 2.17. The Balaban J connectivity index is 1.36. The van der Waals surface area contributed by atoms with Crippen LogP contribution in [0.5, 0.6) is 0 Å². The Morgan fingerprint density at radius 3 is 2.68 bits per heavy atom. The van der Waals surface area contributed by atoms with E-state index in [1.54, 1.807) is 29.3 Å². The summed E-state index contributed by atoms with van der Waals surface area (Å²) in [5.41, 5.74) is 2.12. The molecule has 8 nitrogen and oxygen atoms in total. The van der Waals surface area contributed by atoms with Gasteiger partial charge in [0, 0.05) is 23.2 Å². The number of hydrogen-bond donors (Lipinski definition) is 0. The maximum absolute atomic E-state index is 13.2. The Hall–Kier alpha value is -3.72. The molecule has 2 atom stereocenters. The molecular weight excluding hydrogens is 452 g/mol. The van der Waals surface area contributed by atoms with Crippen LogP contribution in [-0.4, -0.2) is 32.7 Å². The fourth-order valence-corrected chi connectivity index (χ4v) is 5.27. The Bertz CT molecular complexity index is 1370. The van der Waals surface area contributed by atoms with Crippen LogP contribution < -0.4 is 10.6 Å². The Labute approximate surface area is 200 Å². The molecule has 174 valence electrons. The van der Waals surface area contributed by atoms with E-state index in [9.17, 15) is 14.4 Å². The van der Waals surface area contributed by atoms with Crippen molar-refractivity contribution in [3.8, 4) is 0 Å². The molecule has 1 fully saturated rings. The Kier molecular flexibility index (Phi) is 6.02. The van der Waals surface area contributed by atoms with E-state index in [2.05, 4.69) is 5.10 Å². The number of fused-ring (bicyclic) bond motifs is 1. The molecule has 1 saturated heterocycles. The smallest absolute Gasteiger partial charge is 0.350 e. The third kappa shape index (κ3) is 4.14. The van der Waals surface area contributed by atoms with Crippen LogP contribution in [0.4, 0.5) is 5.69 Å². The summed E-state index contributed by atoms with van der Waals surface area (Å²) in [6.07, 6.45) is 2.33. The molecule has 4 heterocycles. The van der Waals surface area contributed by atoms with Gasteiger partial charge in [-0.3, -0.25) is 14.0 Å². The summed E-state index contributed by atoms with van der Waals surface area (Å²) in [4.78, 5) is 41.3. The number of nitrogens with zero attached hydrogens (tertiary/aromatic N) is 4. The van der Waals surface area contributed by atoms with Crippen molar-refractivity contribution >= 4 is 34.5 Å². The number of ether oxygens (including phenoxy) is 1. The average Bonchev–Trinajstić information content (AvgIpc) is 3.48. The van der Waals surface area contributed by atoms with Gasteiger partial charge in [-0.1, -0.05) is 29.8 Å². The third-order valence-electron chi connectivity index (χ3n) is 6.08. The number of hydrogen-bond acceptors (Lipinski definition) is 6. The summed E-state index contributed by atoms with van der Waals surface area (Å²) in [5, 5.41) is 6.21. The second-order valence-corrected chi connectivity index (χ2v) is 9.29. The lowest BCUT2D eigenvalue weighted by atomic mass is 9.87. The van der Waals surface area contributed by atoms with Gasteiger partial charge in [0.1, 0.15) is 6.61 Å². The van der Waals surface area contributed by atoms with Gasteiger partial charge in [-0.05, 0) is 49.1 Å². The van der Waals surface area contributed by atoms with Crippen LogP contribution in [0.15, 0.2) is 71.0 Å². The molecule has 0 aliphatic carbocycles. The molecule has 9 heteroatoms. The lowest BCUT2D eigenvalue weighted by Gasteiger charge is -2.39. The van der Waals surface area contributed by atoms with E-state index in [0.29, 0.717) is 12.1 Å². The summed E-state index contributed by atoms with van der Waals surface area (Å²) in [7, 11) is 0. The van der Waals surface area contributed by atoms with Crippen LogP contribution in [0.2, 0.25) is 0 Å². The lowest BCUT2D eigenvalue weighted by Crippen LogP contribution is -2.45. The SMILES string of the molecule is Cc1ccc(N2C(=O)CC[C@H](C(=O)OCCn3nc4ccccn4c3=O)[C@@H]2c2cccs2)cc1. The quantitative estimate of drug-likeness (QED) is 0.397. The number of thiophene rings is 1. The van der Waals surface area contributed by atoms with Crippen molar-refractivity contribution in [2.75, 3.05) is 11.5 Å². The van der Waals surface area contributed by atoms with Gasteiger partial charge in [-0.15, -0.1) is 16.4 Å². The molecule has 0 unspecified atom stereocenters. The molecule has 1 aliphatic rings. The van der Waals surface area contributed by atoms with E-state index in [1.165, 1.54) is 20.4 Å². The second-order valence-electron chi connectivity index (χ2n) is 8.31. The number of carbonyl (C=O) groups is 2. The normalized spacial score (nSPS) is 18.4. The monoisotopic (exact) mass is 476 g/mol. The van der Waals surface area contributed by atoms with Gasteiger partial charge in [0.25, 0.3) is 0 Å². The molecule has 0 saturated carbocycles. The predicted molar refractivity (Wildman–Crippen MR) is 129 cm³/mol. The van der Waals surface area contributed by atoms with E-state index in [4.69, 9.17) is 4.74 Å². The first-order valence-electron chi connectivity index (χ1n) is 11.2. The molecule has 34 heavy (non-hydrogen) atoms. The van der Waals surface area contributed by atoms with Crippen LogP contribution >= 0.6 is 11.3 Å². The van der Waals surface area contributed by atoms with Crippen molar-refractivity contribution in [1.82, 2.24) is 14.2 Å². The fourth-order valence-electron chi connectivity index (χ4n) is 4.39. The molecule has 1 aliphatic heterocycles. The van der Waals surface area contributed by atoms with E-state index < -0.39 is 12.0 Å². The largest absolute Gasteiger partial charge is 0.463 e. The Morgan fingerprint density at radius 2 is 1.94 bits per heavy atom. The summed E-state index contributed by atoms with van der Waals surface area (Å²) < 4.78 is 8.36. The highest BCUT2D eigenvalue weighted by molar-refractivity contribution is 7.10. The van der Waals surface area contributed by atoms with Gasteiger partial charge in [0.15, 0.2) is 5.65 Å². The minimum Gasteiger partial charge on any atom is -0.463 e. The summed E-state index contributed by atoms with van der Waals surface area (Å²) >= 11 is 1.52. The minimum absolute atomic E-state index is 0.0115.